The van der Waals surface area contributed by atoms with E-state index in [1.54, 1.807) is 32.2 Å². The van der Waals surface area contributed by atoms with Gasteiger partial charge in [0.1, 0.15) is 16.7 Å². The molecule has 0 fully saturated rings. The molecular formula is C14H21NO5S. The van der Waals surface area contributed by atoms with Crippen LogP contribution in [0.2, 0.25) is 0 Å². The molecule has 0 aromatic heterocycles. The summed E-state index contributed by atoms with van der Waals surface area (Å²) in [7, 11) is -0.357. The van der Waals surface area contributed by atoms with Crippen LogP contribution in [0.25, 0.3) is 0 Å². The SMILES string of the molecule is COc1ccc(OC)c([C@H](C)NC(=O)[C@@H](C)S(C)(=O)=O)c1. The highest BCUT2D eigenvalue weighted by atomic mass is 32.2. The van der Waals surface area contributed by atoms with Crippen molar-refractivity contribution in [1.29, 1.82) is 0 Å². The minimum absolute atomic E-state index is 0.410. The molecule has 0 unspecified atom stereocenters. The first kappa shape index (κ1) is 17.3. The number of carbonyl (C=O) groups excluding carboxylic acids is 1. The molecule has 0 bridgehead atoms. The highest BCUT2D eigenvalue weighted by molar-refractivity contribution is 7.92. The van der Waals surface area contributed by atoms with E-state index in [-0.39, 0.29) is 0 Å². The third-order valence-corrected chi connectivity index (χ3v) is 4.77. The number of sulfone groups is 1. The molecule has 0 saturated carbocycles. The highest BCUT2D eigenvalue weighted by Gasteiger charge is 2.25. The molecule has 1 aromatic carbocycles. The van der Waals surface area contributed by atoms with Gasteiger partial charge in [0.05, 0.1) is 20.3 Å². The van der Waals surface area contributed by atoms with Crippen molar-refractivity contribution in [3.05, 3.63) is 23.8 Å². The van der Waals surface area contributed by atoms with Crippen LogP contribution in [0.4, 0.5) is 0 Å². The molecule has 7 heteroatoms. The van der Waals surface area contributed by atoms with E-state index in [1.165, 1.54) is 14.0 Å². The third kappa shape index (κ3) is 4.35. The van der Waals surface area contributed by atoms with E-state index < -0.39 is 27.0 Å². The first-order valence-corrected chi connectivity index (χ1v) is 8.37. The first-order chi connectivity index (χ1) is 9.70. The monoisotopic (exact) mass is 315 g/mol. The number of methoxy groups -OCH3 is 2. The summed E-state index contributed by atoms with van der Waals surface area (Å²) in [5.74, 6) is 0.675. The summed E-state index contributed by atoms with van der Waals surface area (Å²) in [5.41, 5.74) is 0.714. The van der Waals surface area contributed by atoms with Crippen LogP contribution >= 0.6 is 0 Å². The van der Waals surface area contributed by atoms with E-state index in [1.807, 2.05) is 0 Å². The summed E-state index contributed by atoms with van der Waals surface area (Å²) in [5, 5.41) is 1.57. The maximum Gasteiger partial charge on any atom is 0.238 e. The van der Waals surface area contributed by atoms with E-state index in [9.17, 15) is 13.2 Å². The van der Waals surface area contributed by atoms with Gasteiger partial charge in [-0.25, -0.2) is 8.42 Å². The lowest BCUT2D eigenvalue weighted by atomic mass is 10.1. The number of nitrogens with one attached hydrogen (secondary N) is 1. The van der Waals surface area contributed by atoms with Crippen LogP contribution in [-0.4, -0.2) is 40.1 Å². The van der Waals surface area contributed by atoms with Crippen LogP contribution in [0.3, 0.4) is 0 Å². The van der Waals surface area contributed by atoms with Gasteiger partial charge in [0.25, 0.3) is 0 Å². The Kier molecular flexibility index (Phi) is 5.60. The fourth-order valence-corrected chi connectivity index (χ4v) is 2.24. The predicted octanol–water partition coefficient (Wildman–Crippen LogP) is 1.31. The minimum Gasteiger partial charge on any atom is -0.497 e. The van der Waals surface area contributed by atoms with Gasteiger partial charge in [-0.05, 0) is 32.0 Å². The van der Waals surface area contributed by atoms with Crippen molar-refractivity contribution in [2.24, 2.45) is 0 Å². The van der Waals surface area contributed by atoms with Crippen molar-refractivity contribution < 1.29 is 22.7 Å². The second-order valence-electron chi connectivity index (χ2n) is 4.81. The third-order valence-electron chi connectivity index (χ3n) is 3.27. The topological polar surface area (TPSA) is 81.7 Å². The van der Waals surface area contributed by atoms with Gasteiger partial charge in [0.2, 0.25) is 5.91 Å². The lowest BCUT2D eigenvalue weighted by Gasteiger charge is -2.20. The molecule has 0 aliphatic carbocycles. The fourth-order valence-electron chi connectivity index (χ4n) is 1.78. The lowest BCUT2D eigenvalue weighted by molar-refractivity contribution is -0.121. The maximum absolute atomic E-state index is 12.0. The Morgan fingerprint density at radius 3 is 2.29 bits per heavy atom. The molecule has 0 spiro atoms. The van der Waals surface area contributed by atoms with E-state index in [0.717, 1.165) is 6.26 Å². The molecule has 1 aromatic rings. The number of ether oxygens (including phenoxy) is 2. The van der Waals surface area contributed by atoms with E-state index in [0.29, 0.717) is 17.1 Å². The minimum atomic E-state index is -3.43. The zero-order valence-electron chi connectivity index (χ0n) is 12.8. The normalized spacial score (nSPS) is 14.1. The molecule has 21 heavy (non-hydrogen) atoms. The Morgan fingerprint density at radius 2 is 1.81 bits per heavy atom. The summed E-state index contributed by atoms with van der Waals surface area (Å²) < 4.78 is 33.2. The Morgan fingerprint density at radius 1 is 1.19 bits per heavy atom. The standard InChI is InChI=1S/C14H21NO5S/c1-9(15-14(16)10(2)21(5,17)18)12-8-11(19-3)6-7-13(12)20-4/h6-10H,1-5H3,(H,15,16)/t9-,10+/m0/s1. The summed E-state index contributed by atoms with van der Waals surface area (Å²) >= 11 is 0. The van der Waals surface area contributed by atoms with E-state index in [2.05, 4.69) is 5.32 Å². The van der Waals surface area contributed by atoms with Gasteiger partial charge in [0, 0.05) is 11.8 Å². The number of rotatable bonds is 6. The second kappa shape index (κ2) is 6.80. The molecule has 118 valence electrons. The molecular weight excluding hydrogens is 294 g/mol. The smallest absolute Gasteiger partial charge is 0.238 e. The van der Waals surface area contributed by atoms with Gasteiger partial charge in [-0.3, -0.25) is 4.79 Å². The molecule has 1 amide bonds. The largest absolute Gasteiger partial charge is 0.497 e. The summed E-state index contributed by atoms with van der Waals surface area (Å²) in [6.45, 7) is 3.12. The summed E-state index contributed by atoms with van der Waals surface area (Å²) in [6, 6.07) is 4.81. The van der Waals surface area contributed by atoms with Crippen LogP contribution in [0.5, 0.6) is 11.5 Å². The molecule has 0 heterocycles. The Labute approximate surface area is 125 Å². The molecule has 1 N–H and O–H groups in total. The average Bonchev–Trinajstić information content (AvgIpc) is 2.44. The van der Waals surface area contributed by atoms with Crippen molar-refractivity contribution in [2.45, 2.75) is 25.1 Å². The van der Waals surface area contributed by atoms with Gasteiger partial charge < -0.3 is 14.8 Å². The van der Waals surface area contributed by atoms with Gasteiger partial charge >= 0.3 is 0 Å². The van der Waals surface area contributed by atoms with Crippen molar-refractivity contribution in [3.8, 4) is 11.5 Å². The maximum atomic E-state index is 12.0. The van der Waals surface area contributed by atoms with Gasteiger partial charge in [-0.15, -0.1) is 0 Å². The van der Waals surface area contributed by atoms with Crippen LogP contribution in [0, 0.1) is 0 Å². The zero-order valence-corrected chi connectivity index (χ0v) is 13.7. The summed E-state index contributed by atoms with van der Waals surface area (Å²) in [4.78, 5) is 12.0. The summed E-state index contributed by atoms with van der Waals surface area (Å²) in [6.07, 6.45) is 1.04. The molecule has 2 atom stereocenters. The van der Waals surface area contributed by atoms with Crippen LogP contribution in [0.1, 0.15) is 25.5 Å². The van der Waals surface area contributed by atoms with Crippen LogP contribution in [-0.2, 0) is 14.6 Å². The molecule has 1 rings (SSSR count). The Hall–Kier alpha value is -1.76. The molecule has 6 nitrogen and oxygen atoms in total. The number of hydrogen-bond acceptors (Lipinski definition) is 5. The van der Waals surface area contributed by atoms with Crippen molar-refractivity contribution >= 4 is 15.7 Å². The van der Waals surface area contributed by atoms with Crippen molar-refractivity contribution in [2.75, 3.05) is 20.5 Å². The number of hydrogen-bond donors (Lipinski definition) is 1. The molecule has 0 saturated heterocycles. The first-order valence-electron chi connectivity index (χ1n) is 6.41. The number of carbonyl (C=O) groups is 1. The molecule has 0 aliphatic heterocycles. The van der Waals surface area contributed by atoms with Crippen LogP contribution < -0.4 is 14.8 Å². The van der Waals surface area contributed by atoms with E-state index >= 15 is 0 Å². The van der Waals surface area contributed by atoms with Crippen molar-refractivity contribution in [3.63, 3.8) is 0 Å². The number of benzene rings is 1. The lowest BCUT2D eigenvalue weighted by Crippen LogP contribution is -2.38. The Balaban J connectivity index is 2.98. The Bertz CT molecular complexity index is 612. The van der Waals surface area contributed by atoms with Gasteiger partial charge in [-0.1, -0.05) is 0 Å². The zero-order chi connectivity index (χ0) is 16.2. The molecule has 0 aliphatic rings. The van der Waals surface area contributed by atoms with Crippen molar-refractivity contribution in [1.82, 2.24) is 5.32 Å². The predicted molar refractivity (Wildman–Crippen MR) is 80.4 cm³/mol. The second-order valence-corrected chi connectivity index (χ2v) is 7.18. The van der Waals surface area contributed by atoms with E-state index in [4.69, 9.17) is 9.47 Å². The highest BCUT2D eigenvalue weighted by Crippen LogP contribution is 2.29. The fraction of sp³-hybridized carbons (Fsp3) is 0.500. The quantitative estimate of drug-likeness (QED) is 0.856. The number of amides is 1. The average molecular weight is 315 g/mol. The van der Waals surface area contributed by atoms with Gasteiger partial charge in [0.15, 0.2) is 9.84 Å². The molecule has 0 radical (unpaired) electrons. The van der Waals surface area contributed by atoms with Crippen LogP contribution in [0.15, 0.2) is 18.2 Å². The van der Waals surface area contributed by atoms with Gasteiger partial charge in [-0.2, -0.15) is 0 Å².